The van der Waals surface area contributed by atoms with Crippen LogP contribution in [-0.2, 0) is 9.53 Å². The minimum Gasteiger partial charge on any atom is -0.462 e. The lowest BCUT2D eigenvalue weighted by Crippen LogP contribution is -2.27. The first kappa shape index (κ1) is 17.2. The second-order valence-corrected chi connectivity index (χ2v) is 5.20. The first-order valence-corrected chi connectivity index (χ1v) is 7.16. The average Bonchev–Trinajstić information content (AvgIpc) is 2.51. The first-order chi connectivity index (χ1) is 9.97. The van der Waals surface area contributed by atoms with Crippen molar-refractivity contribution in [1.29, 1.82) is 0 Å². The highest BCUT2D eigenvalue weighted by Gasteiger charge is 2.24. The smallest absolute Gasteiger partial charge is 0.313 e. The van der Waals surface area contributed by atoms with Crippen LogP contribution in [-0.4, -0.2) is 12.1 Å². The van der Waals surface area contributed by atoms with Crippen molar-refractivity contribution in [2.45, 2.75) is 33.3 Å². The fourth-order valence-corrected chi connectivity index (χ4v) is 1.99. The van der Waals surface area contributed by atoms with Gasteiger partial charge in [0, 0.05) is 5.92 Å². The maximum atomic E-state index is 13.8. The number of allylic oxidation sites excluding steroid dienone is 7. The predicted octanol–water partition coefficient (Wildman–Crippen LogP) is 4.67. The molecule has 0 aromatic rings. The van der Waals surface area contributed by atoms with E-state index in [0.717, 1.165) is 6.42 Å². The van der Waals surface area contributed by atoms with Gasteiger partial charge in [-0.15, -0.1) is 0 Å². The van der Waals surface area contributed by atoms with Gasteiger partial charge in [-0.1, -0.05) is 43.0 Å². The number of esters is 1. The summed E-state index contributed by atoms with van der Waals surface area (Å²) in [5.41, 5.74) is 0.365. The molecule has 0 aromatic heterocycles. The van der Waals surface area contributed by atoms with Gasteiger partial charge < -0.3 is 4.74 Å². The van der Waals surface area contributed by atoms with Crippen LogP contribution in [0.3, 0.4) is 0 Å². The molecular formula is C18H23FO2. The van der Waals surface area contributed by atoms with Crippen LogP contribution in [0.4, 0.5) is 4.39 Å². The monoisotopic (exact) mass is 290 g/mol. The maximum Gasteiger partial charge on any atom is 0.313 e. The van der Waals surface area contributed by atoms with E-state index in [2.05, 4.69) is 6.58 Å². The van der Waals surface area contributed by atoms with Crippen molar-refractivity contribution < 1.29 is 13.9 Å². The van der Waals surface area contributed by atoms with E-state index < -0.39 is 17.7 Å². The van der Waals surface area contributed by atoms with Crippen molar-refractivity contribution in [1.82, 2.24) is 0 Å². The SMILES string of the molecule is C=C/C=C\C(F)=C(/C)C(C)C(=O)OC(C)C1C=CC=CC1. The van der Waals surface area contributed by atoms with Gasteiger partial charge in [0.2, 0.25) is 0 Å². The van der Waals surface area contributed by atoms with Gasteiger partial charge in [-0.3, -0.25) is 4.79 Å². The number of hydrogen-bond acceptors (Lipinski definition) is 2. The number of carbonyl (C=O) groups excluding carboxylic acids is 1. The van der Waals surface area contributed by atoms with Crippen molar-refractivity contribution in [3.05, 3.63) is 60.5 Å². The number of halogens is 1. The number of rotatable bonds is 6. The lowest BCUT2D eigenvalue weighted by Gasteiger charge is -2.23. The van der Waals surface area contributed by atoms with E-state index in [1.807, 2.05) is 31.2 Å². The molecular weight excluding hydrogens is 267 g/mol. The van der Waals surface area contributed by atoms with Crippen LogP contribution in [0.1, 0.15) is 27.2 Å². The van der Waals surface area contributed by atoms with Crippen molar-refractivity contribution in [3.63, 3.8) is 0 Å². The standard InChI is InChI=1S/C18H23FO2/c1-5-6-12-17(19)13(2)14(3)18(20)21-15(4)16-10-8-7-9-11-16/h5-10,12,14-16H,1,11H2,2-4H3/b12-6-,17-13-. The highest BCUT2D eigenvalue weighted by molar-refractivity contribution is 5.75. The molecule has 1 aliphatic rings. The third-order valence-electron chi connectivity index (χ3n) is 3.68. The molecule has 0 bridgehead atoms. The van der Waals surface area contributed by atoms with Crippen LogP contribution < -0.4 is 0 Å². The molecule has 0 saturated heterocycles. The molecule has 0 saturated carbocycles. The van der Waals surface area contributed by atoms with Crippen LogP contribution in [0, 0.1) is 11.8 Å². The van der Waals surface area contributed by atoms with Gasteiger partial charge in [-0.2, -0.15) is 0 Å². The van der Waals surface area contributed by atoms with Gasteiger partial charge in [-0.25, -0.2) is 4.39 Å². The minimum absolute atomic E-state index is 0.181. The van der Waals surface area contributed by atoms with Crippen LogP contribution >= 0.6 is 0 Å². The quantitative estimate of drug-likeness (QED) is 0.525. The van der Waals surface area contributed by atoms with Crippen molar-refractivity contribution in [3.8, 4) is 0 Å². The molecule has 1 aliphatic carbocycles. The molecule has 21 heavy (non-hydrogen) atoms. The third kappa shape index (κ3) is 5.18. The van der Waals surface area contributed by atoms with Gasteiger partial charge in [-0.05, 0) is 38.8 Å². The third-order valence-corrected chi connectivity index (χ3v) is 3.68. The molecule has 0 heterocycles. The Balaban J connectivity index is 2.65. The first-order valence-electron chi connectivity index (χ1n) is 7.16. The van der Waals surface area contributed by atoms with Crippen LogP contribution in [0.5, 0.6) is 0 Å². The predicted molar refractivity (Wildman–Crippen MR) is 84.3 cm³/mol. The second-order valence-electron chi connectivity index (χ2n) is 5.20. The average molecular weight is 290 g/mol. The van der Waals surface area contributed by atoms with E-state index in [9.17, 15) is 9.18 Å². The summed E-state index contributed by atoms with van der Waals surface area (Å²) in [6.45, 7) is 8.61. The Kier molecular flexibility index (Phi) is 6.86. The summed E-state index contributed by atoms with van der Waals surface area (Å²) in [5, 5.41) is 0. The van der Waals surface area contributed by atoms with E-state index in [0.29, 0.717) is 5.57 Å². The molecule has 0 aliphatic heterocycles. The molecule has 0 aromatic carbocycles. The van der Waals surface area contributed by atoms with E-state index >= 15 is 0 Å². The van der Waals surface area contributed by atoms with Crippen LogP contribution in [0.2, 0.25) is 0 Å². The van der Waals surface area contributed by atoms with E-state index in [4.69, 9.17) is 4.74 Å². The molecule has 0 fully saturated rings. The second kappa shape index (κ2) is 8.40. The summed E-state index contributed by atoms with van der Waals surface area (Å²) < 4.78 is 19.3. The molecule has 0 amide bonds. The zero-order valence-electron chi connectivity index (χ0n) is 12.9. The zero-order chi connectivity index (χ0) is 15.8. The van der Waals surface area contributed by atoms with Gasteiger partial charge in [0.1, 0.15) is 11.9 Å². The Bertz CT molecular complexity index is 497. The van der Waals surface area contributed by atoms with Gasteiger partial charge in [0.05, 0.1) is 5.92 Å². The maximum absolute atomic E-state index is 13.8. The van der Waals surface area contributed by atoms with E-state index in [1.54, 1.807) is 13.8 Å². The lowest BCUT2D eigenvalue weighted by molar-refractivity contribution is -0.153. The van der Waals surface area contributed by atoms with Crippen LogP contribution in [0.25, 0.3) is 0 Å². The molecule has 2 nitrogen and oxygen atoms in total. The van der Waals surface area contributed by atoms with Crippen molar-refractivity contribution >= 4 is 5.97 Å². The summed E-state index contributed by atoms with van der Waals surface area (Å²) in [4.78, 5) is 12.1. The largest absolute Gasteiger partial charge is 0.462 e. The van der Waals surface area contributed by atoms with Gasteiger partial charge >= 0.3 is 5.97 Å². The van der Waals surface area contributed by atoms with Crippen LogP contribution in [0.15, 0.2) is 60.5 Å². The number of ether oxygens (including phenoxy) is 1. The molecule has 3 atom stereocenters. The number of hydrogen-bond donors (Lipinski definition) is 0. The normalized spacial score (nSPS) is 21.8. The molecule has 3 unspecified atom stereocenters. The van der Waals surface area contributed by atoms with Crippen molar-refractivity contribution in [2.75, 3.05) is 0 Å². The highest BCUT2D eigenvalue weighted by atomic mass is 19.1. The molecule has 0 N–H and O–H groups in total. The summed E-state index contributed by atoms with van der Waals surface area (Å²) in [7, 11) is 0. The zero-order valence-corrected chi connectivity index (χ0v) is 12.9. The minimum atomic E-state index is -0.606. The Morgan fingerprint density at radius 3 is 2.71 bits per heavy atom. The topological polar surface area (TPSA) is 26.3 Å². The highest BCUT2D eigenvalue weighted by Crippen LogP contribution is 2.23. The molecule has 0 spiro atoms. The number of carbonyl (C=O) groups is 1. The summed E-state index contributed by atoms with van der Waals surface area (Å²) in [6.07, 6.45) is 12.9. The Morgan fingerprint density at radius 2 is 2.14 bits per heavy atom. The molecule has 1 rings (SSSR count). The molecule has 114 valence electrons. The summed E-state index contributed by atoms with van der Waals surface area (Å²) in [5.74, 6) is -1.25. The summed E-state index contributed by atoms with van der Waals surface area (Å²) in [6, 6.07) is 0. The molecule has 3 heteroatoms. The lowest BCUT2D eigenvalue weighted by atomic mass is 9.95. The molecule has 0 radical (unpaired) electrons. The Hall–Kier alpha value is -1.90. The van der Waals surface area contributed by atoms with Gasteiger partial charge in [0.15, 0.2) is 0 Å². The van der Waals surface area contributed by atoms with E-state index in [-0.39, 0.29) is 12.0 Å². The van der Waals surface area contributed by atoms with E-state index in [1.165, 1.54) is 18.2 Å². The van der Waals surface area contributed by atoms with Crippen molar-refractivity contribution in [2.24, 2.45) is 11.8 Å². The van der Waals surface area contributed by atoms with Gasteiger partial charge in [0.25, 0.3) is 0 Å². The fraction of sp³-hybridized carbons (Fsp3) is 0.389. The fourth-order valence-electron chi connectivity index (χ4n) is 1.99. The summed E-state index contributed by atoms with van der Waals surface area (Å²) >= 11 is 0. The Labute approximate surface area is 126 Å². The Morgan fingerprint density at radius 1 is 1.43 bits per heavy atom.